The predicted molar refractivity (Wildman–Crippen MR) is 125 cm³/mol. The number of carboxylic acids is 2. The monoisotopic (exact) mass is 481 g/mol. The lowest BCUT2D eigenvalue weighted by atomic mass is 10.1. The van der Waals surface area contributed by atoms with Gasteiger partial charge in [0.2, 0.25) is 0 Å². The Hall–Kier alpha value is -3.53. The van der Waals surface area contributed by atoms with E-state index in [1.165, 1.54) is 13.8 Å². The zero-order valence-electron chi connectivity index (χ0n) is 20.3. The van der Waals surface area contributed by atoms with Gasteiger partial charge >= 0.3 is 23.9 Å². The molecule has 34 heavy (non-hydrogen) atoms. The zero-order chi connectivity index (χ0) is 26.5. The molecule has 0 radical (unpaired) electrons. The van der Waals surface area contributed by atoms with E-state index in [4.69, 9.17) is 19.7 Å². The number of hydrogen-bond acceptors (Lipinski definition) is 8. The number of Topliss-reactive ketones (excluding diaryl/α,β-unsaturated/α-hetero) is 1. The lowest BCUT2D eigenvalue weighted by Crippen LogP contribution is -2.46. The molecule has 0 bridgehead atoms. The van der Waals surface area contributed by atoms with Gasteiger partial charge in [-0.3, -0.25) is 14.9 Å². The zero-order valence-corrected chi connectivity index (χ0v) is 20.3. The summed E-state index contributed by atoms with van der Waals surface area (Å²) in [6, 6.07) is 8.43. The van der Waals surface area contributed by atoms with Crippen molar-refractivity contribution in [2.24, 2.45) is 0 Å². The highest BCUT2D eigenvalue weighted by Gasteiger charge is 2.24. The highest BCUT2D eigenvalue weighted by molar-refractivity contribution is 5.89. The summed E-state index contributed by atoms with van der Waals surface area (Å²) < 4.78 is 10.3. The van der Waals surface area contributed by atoms with Crippen molar-refractivity contribution in [3.63, 3.8) is 0 Å². The number of aliphatic carboxylic acids is 2. The Bertz CT molecular complexity index is 771. The van der Waals surface area contributed by atoms with Gasteiger partial charge in [-0.15, -0.1) is 0 Å². The summed E-state index contributed by atoms with van der Waals surface area (Å²) in [7, 11) is 0. The number of ether oxygens (including phenoxy) is 2. The fraction of sp³-hybridized carbons (Fsp3) is 0.458. The van der Waals surface area contributed by atoms with E-state index in [-0.39, 0.29) is 24.3 Å². The number of carboxylic acid groups (broad SMARTS) is 2. The fourth-order valence-electron chi connectivity index (χ4n) is 2.17. The molecule has 1 aromatic rings. The van der Waals surface area contributed by atoms with Gasteiger partial charge in [-0.1, -0.05) is 43.7 Å². The summed E-state index contributed by atoms with van der Waals surface area (Å²) in [5, 5.41) is 18.6. The molecule has 0 aliphatic heterocycles. The third-order valence-electron chi connectivity index (χ3n) is 3.55. The van der Waals surface area contributed by atoms with E-state index in [2.05, 4.69) is 5.32 Å². The van der Waals surface area contributed by atoms with Crippen LogP contribution < -0.4 is 5.32 Å². The quantitative estimate of drug-likeness (QED) is 0.317. The maximum absolute atomic E-state index is 12.0. The van der Waals surface area contributed by atoms with Crippen LogP contribution in [0.2, 0.25) is 0 Å². The predicted octanol–water partition coefficient (Wildman–Crippen LogP) is 2.75. The van der Waals surface area contributed by atoms with Crippen molar-refractivity contribution in [1.29, 1.82) is 0 Å². The van der Waals surface area contributed by atoms with Gasteiger partial charge in [0.05, 0.1) is 6.61 Å². The molecule has 0 heterocycles. The van der Waals surface area contributed by atoms with Crippen molar-refractivity contribution in [3.05, 3.63) is 48.0 Å². The Labute approximate surface area is 199 Å². The normalized spacial score (nSPS) is 11.6. The second kappa shape index (κ2) is 20.1. The molecule has 0 unspecified atom stereocenters. The Morgan fingerprint density at radius 1 is 0.912 bits per heavy atom. The second-order valence-electron chi connectivity index (χ2n) is 6.99. The summed E-state index contributed by atoms with van der Waals surface area (Å²) >= 11 is 0. The summed E-state index contributed by atoms with van der Waals surface area (Å²) in [6.07, 6.45) is 2.56. The SMILES string of the molecule is CC(C)=O.CCC[C@H](N[C@@H](C)C(=O)OCc1ccccc1)C(=O)OCC.O=C(O)/C=C\C(=O)O. The van der Waals surface area contributed by atoms with Crippen molar-refractivity contribution in [2.45, 2.75) is 66.2 Å². The van der Waals surface area contributed by atoms with Gasteiger partial charge in [0.1, 0.15) is 24.5 Å². The van der Waals surface area contributed by atoms with Gasteiger partial charge in [0.15, 0.2) is 0 Å². The van der Waals surface area contributed by atoms with E-state index in [1.807, 2.05) is 37.3 Å². The summed E-state index contributed by atoms with van der Waals surface area (Å²) in [5.41, 5.74) is 0.929. The second-order valence-corrected chi connectivity index (χ2v) is 6.99. The molecule has 1 aromatic carbocycles. The third-order valence-corrected chi connectivity index (χ3v) is 3.55. The van der Waals surface area contributed by atoms with Crippen LogP contribution in [0.15, 0.2) is 42.5 Å². The van der Waals surface area contributed by atoms with Crippen molar-refractivity contribution < 1.29 is 43.7 Å². The van der Waals surface area contributed by atoms with Crippen LogP contribution in [0.1, 0.15) is 53.0 Å². The maximum Gasteiger partial charge on any atom is 0.328 e. The molecule has 0 aromatic heterocycles. The third kappa shape index (κ3) is 20.4. The Kier molecular flexibility index (Phi) is 19.3. The number of ketones is 1. The molecular formula is C24H35NO9. The first-order valence-corrected chi connectivity index (χ1v) is 10.7. The van der Waals surface area contributed by atoms with E-state index < -0.39 is 24.0 Å². The van der Waals surface area contributed by atoms with Crippen LogP contribution in [-0.2, 0) is 40.1 Å². The minimum absolute atomic E-state index is 0.167. The first kappa shape index (κ1) is 32.6. The summed E-state index contributed by atoms with van der Waals surface area (Å²) in [5.74, 6) is -3.05. The molecule has 0 fully saturated rings. The van der Waals surface area contributed by atoms with Crippen molar-refractivity contribution >= 4 is 29.7 Å². The average Bonchev–Trinajstić information content (AvgIpc) is 2.76. The van der Waals surface area contributed by atoms with Crippen molar-refractivity contribution in [3.8, 4) is 0 Å². The molecule has 10 heteroatoms. The lowest BCUT2D eigenvalue weighted by molar-refractivity contribution is -0.150. The van der Waals surface area contributed by atoms with Crippen LogP contribution in [0, 0.1) is 0 Å². The summed E-state index contributed by atoms with van der Waals surface area (Å²) in [4.78, 5) is 52.4. The van der Waals surface area contributed by atoms with Crippen LogP contribution in [0.4, 0.5) is 0 Å². The van der Waals surface area contributed by atoms with Crippen LogP contribution in [0.25, 0.3) is 0 Å². The Morgan fingerprint density at radius 3 is 1.82 bits per heavy atom. The summed E-state index contributed by atoms with van der Waals surface area (Å²) in [6.45, 7) is 9.04. The van der Waals surface area contributed by atoms with Gasteiger partial charge in [-0.05, 0) is 39.7 Å². The van der Waals surface area contributed by atoms with Crippen LogP contribution >= 0.6 is 0 Å². The number of nitrogens with one attached hydrogen (secondary N) is 1. The molecule has 0 saturated carbocycles. The fourth-order valence-corrected chi connectivity index (χ4v) is 2.17. The molecule has 3 N–H and O–H groups in total. The molecular weight excluding hydrogens is 446 g/mol. The highest BCUT2D eigenvalue weighted by Crippen LogP contribution is 2.05. The molecule has 0 saturated heterocycles. The van der Waals surface area contributed by atoms with E-state index in [0.717, 1.165) is 12.0 Å². The van der Waals surface area contributed by atoms with Gasteiger partial charge in [0, 0.05) is 12.2 Å². The number of hydrogen-bond donors (Lipinski definition) is 3. The average molecular weight is 482 g/mol. The van der Waals surface area contributed by atoms with Gasteiger partial charge in [-0.25, -0.2) is 9.59 Å². The van der Waals surface area contributed by atoms with E-state index in [9.17, 15) is 24.0 Å². The number of carbonyl (C=O) groups excluding carboxylic acids is 3. The molecule has 0 amide bonds. The van der Waals surface area contributed by atoms with Gasteiger partial charge in [-0.2, -0.15) is 0 Å². The van der Waals surface area contributed by atoms with Crippen molar-refractivity contribution in [1.82, 2.24) is 5.32 Å². The molecule has 0 aliphatic carbocycles. The van der Waals surface area contributed by atoms with Crippen LogP contribution in [0.5, 0.6) is 0 Å². The Balaban J connectivity index is 0. The molecule has 0 aliphatic rings. The molecule has 0 spiro atoms. The van der Waals surface area contributed by atoms with E-state index >= 15 is 0 Å². The Morgan fingerprint density at radius 2 is 1.41 bits per heavy atom. The number of rotatable bonds is 11. The minimum Gasteiger partial charge on any atom is -0.478 e. The topological polar surface area (TPSA) is 156 Å². The van der Waals surface area contributed by atoms with Crippen LogP contribution in [-0.4, -0.2) is 58.6 Å². The molecule has 190 valence electrons. The first-order chi connectivity index (χ1) is 15.9. The maximum atomic E-state index is 12.0. The number of benzene rings is 1. The first-order valence-electron chi connectivity index (χ1n) is 10.7. The van der Waals surface area contributed by atoms with E-state index in [1.54, 1.807) is 13.8 Å². The van der Waals surface area contributed by atoms with Gasteiger partial charge < -0.3 is 24.5 Å². The molecule has 2 atom stereocenters. The molecule has 10 nitrogen and oxygen atoms in total. The lowest BCUT2D eigenvalue weighted by Gasteiger charge is -2.20. The van der Waals surface area contributed by atoms with Crippen LogP contribution in [0.3, 0.4) is 0 Å². The number of esters is 2. The minimum atomic E-state index is -1.26. The van der Waals surface area contributed by atoms with Crippen molar-refractivity contribution in [2.75, 3.05) is 6.61 Å². The molecule has 1 rings (SSSR count). The number of carbonyl (C=O) groups is 5. The highest BCUT2D eigenvalue weighted by atomic mass is 16.5. The van der Waals surface area contributed by atoms with E-state index in [0.29, 0.717) is 25.2 Å². The largest absolute Gasteiger partial charge is 0.478 e. The van der Waals surface area contributed by atoms with Gasteiger partial charge in [0.25, 0.3) is 0 Å². The standard InChI is InChI=1S/C17H25NO4.C4H4O4.C3H6O/c1-4-9-15(17(20)21-5-2)18-13(3)16(19)22-12-14-10-7-6-8-11-14;5-3(6)1-2-4(7)8;1-3(2)4/h6-8,10-11,13,15,18H,4-5,9,12H2,1-3H3;1-2H,(H,5,6)(H,7,8);1-2H3/b;2-1-;/t13-,15-;;/m0../s1. The smallest absolute Gasteiger partial charge is 0.328 e.